The summed E-state index contributed by atoms with van der Waals surface area (Å²) in [5, 5.41) is 0. The number of rotatable bonds is 2. The first kappa shape index (κ1) is 21.7. The summed E-state index contributed by atoms with van der Waals surface area (Å²) in [6.07, 6.45) is 0. The molecule has 0 saturated heterocycles. The second kappa shape index (κ2) is 10.7. The molecule has 0 saturated carbocycles. The Kier molecular flexibility index (Phi) is 7.21. The third-order valence-corrected chi connectivity index (χ3v) is 5.93. The highest BCUT2D eigenvalue weighted by atomic mass is 32.1. The zero-order valence-electron chi connectivity index (χ0n) is 17.3. The highest BCUT2D eigenvalue weighted by Crippen LogP contribution is 2.32. The molecule has 0 aliphatic carbocycles. The molecule has 0 unspecified atom stereocenters. The quantitative estimate of drug-likeness (QED) is 0.183. The van der Waals surface area contributed by atoms with Gasteiger partial charge in [-0.3, -0.25) is 0 Å². The Labute approximate surface area is 200 Å². The Balaban J connectivity index is 1.50. The van der Waals surface area contributed by atoms with Crippen LogP contribution in [0.15, 0.2) is 109 Å². The molecule has 0 amide bonds. The molecule has 4 aromatic rings. The average Bonchev–Trinajstić information content (AvgIpc) is 2.87. The van der Waals surface area contributed by atoms with Crippen molar-refractivity contribution in [1.82, 2.24) is 0 Å². The minimum atomic E-state index is 0.819. The van der Waals surface area contributed by atoms with Crippen LogP contribution in [0.4, 0.5) is 0 Å². The molecule has 0 aromatic heterocycles. The van der Waals surface area contributed by atoms with Gasteiger partial charge < -0.3 is 0 Å². The molecular formula is C30H20S2. The lowest BCUT2D eigenvalue weighted by molar-refractivity contribution is 1.58. The number of thiol groups is 2. The molecule has 0 N–H and O–H groups in total. The van der Waals surface area contributed by atoms with Crippen LogP contribution in [0.25, 0.3) is 9.81 Å². The normalized spacial score (nSPS) is 10.8. The fraction of sp³-hybridized carbons (Fsp3) is 0. The molecule has 4 aromatic carbocycles. The molecule has 152 valence electrons. The Morgan fingerprint density at radius 2 is 0.656 bits per heavy atom. The van der Waals surface area contributed by atoms with Crippen molar-refractivity contribution in [3.05, 3.63) is 143 Å². The first-order chi connectivity index (χ1) is 15.7. The molecule has 2 heteroatoms. The van der Waals surface area contributed by atoms with Crippen LogP contribution in [0.5, 0.6) is 0 Å². The smallest absolute Gasteiger partial charge is 0.0253 e. The minimum absolute atomic E-state index is 0.819. The maximum atomic E-state index is 4.72. The van der Waals surface area contributed by atoms with Gasteiger partial charge in [-0.05, 0) is 59.7 Å². The summed E-state index contributed by atoms with van der Waals surface area (Å²) in [6, 6.07) is 36.0. The van der Waals surface area contributed by atoms with Gasteiger partial charge in [0, 0.05) is 32.1 Å². The van der Waals surface area contributed by atoms with Crippen molar-refractivity contribution < 1.29 is 0 Å². The summed E-state index contributed by atoms with van der Waals surface area (Å²) in [4.78, 5) is 1.64. The van der Waals surface area contributed by atoms with Crippen molar-refractivity contribution in [2.24, 2.45) is 0 Å². The van der Waals surface area contributed by atoms with E-state index in [2.05, 4.69) is 23.7 Å². The van der Waals surface area contributed by atoms with Gasteiger partial charge >= 0.3 is 0 Å². The fourth-order valence-corrected chi connectivity index (χ4v) is 3.58. The van der Waals surface area contributed by atoms with E-state index >= 15 is 0 Å². The van der Waals surface area contributed by atoms with Crippen molar-refractivity contribution in [3.63, 3.8) is 0 Å². The fourth-order valence-electron chi connectivity index (χ4n) is 3.03. The summed E-state index contributed by atoms with van der Waals surface area (Å²) in [5.74, 6) is 12.7. The SMILES string of the molecule is SC(=C(S)c1ccc(C#Cc2ccccc2)cc1)c1ccc(C#Cc2ccccc2)cc1. The predicted molar refractivity (Wildman–Crippen MR) is 143 cm³/mol. The summed E-state index contributed by atoms with van der Waals surface area (Å²) < 4.78 is 0. The van der Waals surface area contributed by atoms with Gasteiger partial charge in [0.15, 0.2) is 0 Å². The van der Waals surface area contributed by atoms with E-state index in [1.807, 2.05) is 109 Å². The van der Waals surface area contributed by atoms with E-state index in [1.165, 1.54) is 0 Å². The summed E-state index contributed by atoms with van der Waals surface area (Å²) in [5.41, 5.74) is 5.91. The van der Waals surface area contributed by atoms with Crippen LogP contribution in [0, 0.1) is 23.7 Å². The van der Waals surface area contributed by atoms with Crippen molar-refractivity contribution >= 4 is 35.1 Å². The third kappa shape index (κ3) is 5.77. The maximum absolute atomic E-state index is 4.72. The molecular weight excluding hydrogens is 424 g/mol. The lowest BCUT2D eigenvalue weighted by Gasteiger charge is -2.07. The number of hydrogen-bond donors (Lipinski definition) is 2. The van der Waals surface area contributed by atoms with E-state index < -0.39 is 0 Å². The lowest BCUT2D eigenvalue weighted by Crippen LogP contribution is -1.85. The van der Waals surface area contributed by atoms with Gasteiger partial charge in [0.25, 0.3) is 0 Å². The molecule has 4 rings (SSSR count). The Morgan fingerprint density at radius 1 is 0.375 bits per heavy atom. The second-order valence-electron chi connectivity index (χ2n) is 7.08. The summed E-state index contributed by atoms with van der Waals surface area (Å²) >= 11 is 9.45. The van der Waals surface area contributed by atoms with E-state index in [-0.39, 0.29) is 0 Å². The molecule has 0 spiro atoms. The highest BCUT2D eigenvalue weighted by Gasteiger charge is 2.05. The topological polar surface area (TPSA) is 0 Å². The zero-order valence-corrected chi connectivity index (χ0v) is 19.1. The first-order valence-electron chi connectivity index (χ1n) is 10.2. The van der Waals surface area contributed by atoms with Crippen molar-refractivity contribution in [1.29, 1.82) is 0 Å². The average molecular weight is 445 g/mol. The van der Waals surface area contributed by atoms with Gasteiger partial charge in [-0.15, -0.1) is 25.3 Å². The van der Waals surface area contributed by atoms with E-state index in [1.54, 1.807) is 0 Å². The molecule has 0 radical (unpaired) electrons. The van der Waals surface area contributed by atoms with Gasteiger partial charge in [0.1, 0.15) is 0 Å². The van der Waals surface area contributed by atoms with Crippen LogP contribution >= 0.6 is 25.3 Å². The molecule has 0 atom stereocenters. The largest absolute Gasteiger partial charge is 0.142 e. The summed E-state index contributed by atoms with van der Waals surface area (Å²) in [7, 11) is 0. The molecule has 0 fully saturated rings. The lowest BCUT2D eigenvalue weighted by atomic mass is 10.1. The van der Waals surface area contributed by atoms with E-state index in [0.29, 0.717) is 0 Å². The molecule has 0 nitrogen and oxygen atoms in total. The van der Waals surface area contributed by atoms with Crippen LogP contribution < -0.4 is 0 Å². The van der Waals surface area contributed by atoms with Crippen molar-refractivity contribution in [3.8, 4) is 23.7 Å². The predicted octanol–water partition coefficient (Wildman–Crippen LogP) is 7.17. The molecule has 0 heterocycles. The number of benzene rings is 4. The van der Waals surface area contributed by atoms with Crippen LogP contribution in [-0.2, 0) is 0 Å². The summed E-state index contributed by atoms with van der Waals surface area (Å²) in [6.45, 7) is 0. The van der Waals surface area contributed by atoms with Crippen molar-refractivity contribution in [2.75, 3.05) is 0 Å². The van der Waals surface area contributed by atoms with Crippen LogP contribution in [0.1, 0.15) is 33.4 Å². The molecule has 0 bridgehead atoms. The van der Waals surface area contributed by atoms with Crippen LogP contribution in [0.3, 0.4) is 0 Å². The monoisotopic (exact) mass is 444 g/mol. The molecule has 32 heavy (non-hydrogen) atoms. The Bertz CT molecular complexity index is 1230. The van der Waals surface area contributed by atoms with Gasteiger partial charge in [-0.25, -0.2) is 0 Å². The van der Waals surface area contributed by atoms with E-state index in [9.17, 15) is 0 Å². The highest BCUT2D eigenvalue weighted by molar-refractivity contribution is 7.96. The van der Waals surface area contributed by atoms with Crippen LogP contribution in [0.2, 0.25) is 0 Å². The van der Waals surface area contributed by atoms with Gasteiger partial charge in [0.2, 0.25) is 0 Å². The zero-order chi connectivity index (χ0) is 22.2. The Hall–Kier alpha value is -3.56. The van der Waals surface area contributed by atoms with E-state index in [4.69, 9.17) is 25.3 Å². The number of hydrogen-bond acceptors (Lipinski definition) is 2. The standard InChI is InChI=1S/C30H20S2/c31-29(27-19-15-25(16-20-27)13-11-23-7-3-1-4-8-23)30(32)28-21-17-26(18-22-28)14-12-24-9-5-2-6-10-24/h1-10,15-22,31-32H. The van der Waals surface area contributed by atoms with Gasteiger partial charge in [-0.2, -0.15) is 0 Å². The molecule has 0 aliphatic rings. The maximum Gasteiger partial charge on any atom is 0.0253 e. The van der Waals surface area contributed by atoms with Crippen molar-refractivity contribution in [2.45, 2.75) is 0 Å². The van der Waals surface area contributed by atoms with Gasteiger partial charge in [0.05, 0.1) is 0 Å². The second-order valence-corrected chi connectivity index (χ2v) is 7.98. The first-order valence-corrected chi connectivity index (χ1v) is 11.1. The molecule has 0 aliphatic heterocycles. The van der Waals surface area contributed by atoms with E-state index in [0.717, 1.165) is 43.2 Å². The Morgan fingerprint density at radius 3 is 0.969 bits per heavy atom. The minimum Gasteiger partial charge on any atom is -0.142 e. The third-order valence-electron chi connectivity index (χ3n) is 4.79. The van der Waals surface area contributed by atoms with Crippen LogP contribution in [-0.4, -0.2) is 0 Å². The van der Waals surface area contributed by atoms with Gasteiger partial charge in [-0.1, -0.05) is 84.3 Å².